The number of rotatable bonds is 8. The van der Waals surface area contributed by atoms with Crippen LogP contribution in [0.3, 0.4) is 0 Å². The maximum Gasteiger partial charge on any atom is 0.234 e. The Balaban J connectivity index is 1.46. The molecule has 2 aliphatic carbocycles. The van der Waals surface area contributed by atoms with Gasteiger partial charge in [-0.2, -0.15) is 5.10 Å². The van der Waals surface area contributed by atoms with E-state index in [2.05, 4.69) is 9.82 Å². The van der Waals surface area contributed by atoms with Gasteiger partial charge in [-0.05, 0) is 80.9 Å². The average Bonchev–Trinajstić information content (AvgIpc) is 3.44. The van der Waals surface area contributed by atoms with Crippen LogP contribution in [0.4, 0.5) is 13.2 Å². The Morgan fingerprint density at radius 2 is 1.82 bits per heavy atom. The molecule has 1 N–H and O–H groups in total. The molecule has 0 bridgehead atoms. The SMILES string of the molecule is C[C@H](NS(=O)(=O)/C=C/c1nn(-c2ccc(F)cc2F)c2c1CCC2Cc1cccc(F)c1)C1CCCCC1. The molecule has 0 spiro atoms. The molecule has 0 radical (unpaired) electrons. The highest BCUT2D eigenvalue weighted by molar-refractivity contribution is 7.92. The van der Waals surface area contributed by atoms with Crippen LogP contribution < -0.4 is 4.72 Å². The van der Waals surface area contributed by atoms with Crippen molar-refractivity contribution in [2.45, 2.75) is 70.3 Å². The summed E-state index contributed by atoms with van der Waals surface area (Å²) in [5.74, 6) is -1.57. The Bertz CT molecular complexity index is 1450. The highest BCUT2D eigenvalue weighted by Gasteiger charge is 2.32. The van der Waals surface area contributed by atoms with Crippen molar-refractivity contribution in [2.75, 3.05) is 0 Å². The first-order valence-electron chi connectivity index (χ1n) is 13.2. The minimum absolute atomic E-state index is 0.0837. The molecule has 38 heavy (non-hydrogen) atoms. The van der Waals surface area contributed by atoms with Gasteiger partial charge in [0, 0.05) is 29.0 Å². The zero-order valence-electron chi connectivity index (χ0n) is 21.3. The lowest BCUT2D eigenvalue weighted by Crippen LogP contribution is -2.37. The molecule has 202 valence electrons. The third-order valence-electron chi connectivity index (χ3n) is 7.81. The van der Waals surface area contributed by atoms with Crippen LogP contribution in [0.1, 0.15) is 73.9 Å². The fourth-order valence-corrected chi connectivity index (χ4v) is 7.01. The lowest BCUT2D eigenvalue weighted by Gasteiger charge is -2.27. The third kappa shape index (κ3) is 5.89. The van der Waals surface area contributed by atoms with Gasteiger partial charge in [-0.1, -0.05) is 31.4 Å². The molecule has 3 aromatic rings. The van der Waals surface area contributed by atoms with E-state index in [1.54, 1.807) is 6.07 Å². The van der Waals surface area contributed by atoms with Crippen LogP contribution in [0.25, 0.3) is 11.8 Å². The van der Waals surface area contributed by atoms with Gasteiger partial charge in [0.15, 0.2) is 5.82 Å². The molecule has 9 heteroatoms. The molecular weight excluding hydrogens is 511 g/mol. The largest absolute Gasteiger partial charge is 0.234 e. The van der Waals surface area contributed by atoms with Gasteiger partial charge in [-0.3, -0.25) is 0 Å². The number of nitrogens with one attached hydrogen (secondary N) is 1. The summed E-state index contributed by atoms with van der Waals surface area (Å²) in [6, 6.07) is 9.48. The number of fused-ring (bicyclic) bond motifs is 1. The standard InChI is InChI=1S/C29H32F3N3O2S/c1-19(21-7-3-2-4-8-21)34-38(36,37)15-14-27-25-12-10-22(16-20-6-5-9-23(30)17-20)29(25)35(33-27)28-13-11-24(31)18-26(28)32/h5-6,9,11,13-15,17-19,21-22,34H,2-4,7-8,10,12,16H2,1H3/b15-14+/t19-,22?/m0/s1. The van der Waals surface area contributed by atoms with E-state index in [1.165, 1.54) is 41.4 Å². The van der Waals surface area contributed by atoms with Crippen LogP contribution >= 0.6 is 0 Å². The molecule has 2 atom stereocenters. The topological polar surface area (TPSA) is 64.0 Å². The number of aromatic nitrogens is 2. The van der Waals surface area contributed by atoms with Gasteiger partial charge in [0.05, 0.1) is 11.4 Å². The third-order valence-corrected chi connectivity index (χ3v) is 9.00. The molecule has 0 saturated heterocycles. The minimum atomic E-state index is -3.73. The van der Waals surface area contributed by atoms with Crippen LogP contribution in [-0.2, 0) is 22.9 Å². The average molecular weight is 544 g/mol. The Labute approximate surface area is 221 Å². The van der Waals surface area contributed by atoms with Crippen LogP contribution in [0, 0.1) is 23.4 Å². The second-order valence-corrected chi connectivity index (χ2v) is 12.1. The van der Waals surface area contributed by atoms with E-state index in [9.17, 15) is 21.6 Å². The van der Waals surface area contributed by atoms with Crippen molar-refractivity contribution in [3.63, 3.8) is 0 Å². The summed E-state index contributed by atoms with van der Waals surface area (Å²) in [5, 5.41) is 5.70. The number of sulfonamides is 1. The number of hydrogen-bond acceptors (Lipinski definition) is 3. The first kappa shape index (κ1) is 26.7. The second-order valence-electron chi connectivity index (χ2n) is 10.5. The number of benzene rings is 2. The summed E-state index contributed by atoms with van der Waals surface area (Å²) >= 11 is 0. The smallest absolute Gasteiger partial charge is 0.234 e. The van der Waals surface area contributed by atoms with Gasteiger partial charge < -0.3 is 0 Å². The summed E-state index contributed by atoms with van der Waals surface area (Å²) in [7, 11) is -3.73. The summed E-state index contributed by atoms with van der Waals surface area (Å²) in [4.78, 5) is 0. The van der Waals surface area contributed by atoms with E-state index in [-0.39, 0.29) is 23.5 Å². The summed E-state index contributed by atoms with van der Waals surface area (Å²) < 4.78 is 72.3. The van der Waals surface area contributed by atoms with Gasteiger partial charge in [-0.15, -0.1) is 0 Å². The fraction of sp³-hybridized carbons (Fsp3) is 0.414. The van der Waals surface area contributed by atoms with E-state index in [0.717, 1.165) is 60.4 Å². The van der Waals surface area contributed by atoms with E-state index >= 15 is 0 Å². The van der Waals surface area contributed by atoms with E-state index in [0.29, 0.717) is 24.5 Å². The van der Waals surface area contributed by atoms with Crippen molar-refractivity contribution in [3.8, 4) is 5.69 Å². The highest BCUT2D eigenvalue weighted by atomic mass is 32.2. The quantitative estimate of drug-likeness (QED) is 0.357. The Morgan fingerprint density at radius 1 is 1.05 bits per heavy atom. The lowest BCUT2D eigenvalue weighted by atomic mass is 9.85. The highest BCUT2D eigenvalue weighted by Crippen LogP contribution is 2.40. The van der Waals surface area contributed by atoms with Crippen LogP contribution in [0.2, 0.25) is 0 Å². The first-order valence-corrected chi connectivity index (χ1v) is 14.8. The molecule has 1 saturated carbocycles. The zero-order valence-corrected chi connectivity index (χ0v) is 22.2. The monoisotopic (exact) mass is 543 g/mol. The number of halogens is 3. The molecule has 0 amide bonds. The molecule has 0 aliphatic heterocycles. The second kappa shape index (κ2) is 11.1. The zero-order chi connectivity index (χ0) is 26.9. The minimum Gasteiger partial charge on any atom is -0.234 e. The maximum absolute atomic E-state index is 14.8. The predicted molar refractivity (Wildman–Crippen MR) is 142 cm³/mol. The van der Waals surface area contributed by atoms with E-state index in [4.69, 9.17) is 0 Å². The van der Waals surface area contributed by atoms with Crippen molar-refractivity contribution in [3.05, 3.63) is 87.8 Å². The maximum atomic E-state index is 14.8. The molecule has 5 nitrogen and oxygen atoms in total. The lowest BCUT2D eigenvalue weighted by molar-refractivity contribution is 0.303. The van der Waals surface area contributed by atoms with Crippen molar-refractivity contribution >= 4 is 16.1 Å². The van der Waals surface area contributed by atoms with E-state index < -0.39 is 21.7 Å². The number of nitrogens with zero attached hydrogens (tertiary/aromatic N) is 2. The first-order chi connectivity index (χ1) is 18.2. The molecular formula is C29H32F3N3O2S. The van der Waals surface area contributed by atoms with Gasteiger partial charge in [0.1, 0.15) is 17.3 Å². The Kier molecular flexibility index (Phi) is 7.77. The molecule has 1 heterocycles. The van der Waals surface area contributed by atoms with Gasteiger partial charge >= 0.3 is 0 Å². The Morgan fingerprint density at radius 3 is 2.55 bits per heavy atom. The number of hydrogen-bond donors (Lipinski definition) is 1. The summed E-state index contributed by atoms with van der Waals surface area (Å²) in [6.45, 7) is 1.90. The summed E-state index contributed by atoms with van der Waals surface area (Å²) in [5.41, 5.74) is 2.87. The summed E-state index contributed by atoms with van der Waals surface area (Å²) in [6.07, 6.45) is 8.76. The molecule has 1 fully saturated rings. The predicted octanol–water partition coefficient (Wildman–Crippen LogP) is 6.42. The molecule has 5 rings (SSSR count). The van der Waals surface area contributed by atoms with Crippen LogP contribution in [0.15, 0.2) is 47.9 Å². The van der Waals surface area contributed by atoms with Crippen LogP contribution in [-0.4, -0.2) is 24.2 Å². The van der Waals surface area contributed by atoms with Crippen molar-refractivity contribution < 1.29 is 21.6 Å². The van der Waals surface area contributed by atoms with Gasteiger partial charge in [-0.25, -0.2) is 31.0 Å². The fourth-order valence-electron chi connectivity index (χ4n) is 5.91. The van der Waals surface area contributed by atoms with Gasteiger partial charge in [0.2, 0.25) is 10.0 Å². The molecule has 2 aromatic carbocycles. The molecule has 1 aromatic heterocycles. The molecule has 1 unspecified atom stereocenters. The molecule has 2 aliphatic rings. The van der Waals surface area contributed by atoms with E-state index in [1.807, 2.05) is 13.0 Å². The van der Waals surface area contributed by atoms with Crippen molar-refractivity contribution in [2.24, 2.45) is 5.92 Å². The Hall–Kier alpha value is -2.91. The normalized spacial score (nSPS) is 19.2. The van der Waals surface area contributed by atoms with Crippen LogP contribution in [0.5, 0.6) is 0 Å². The van der Waals surface area contributed by atoms with Crippen molar-refractivity contribution in [1.82, 2.24) is 14.5 Å². The van der Waals surface area contributed by atoms with Gasteiger partial charge in [0.25, 0.3) is 0 Å². The van der Waals surface area contributed by atoms with Crippen molar-refractivity contribution in [1.29, 1.82) is 0 Å².